The van der Waals surface area contributed by atoms with Crippen LogP contribution in [0, 0.1) is 5.82 Å². The van der Waals surface area contributed by atoms with Crippen LogP contribution in [-0.4, -0.2) is 29.9 Å². The Morgan fingerprint density at radius 3 is 2.84 bits per heavy atom. The first kappa shape index (κ1) is 16.2. The van der Waals surface area contributed by atoms with Crippen molar-refractivity contribution in [3.8, 4) is 0 Å². The van der Waals surface area contributed by atoms with Crippen LogP contribution in [0.1, 0.15) is 21.7 Å². The predicted octanol–water partition coefficient (Wildman–Crippen LogP) is 4.04. The van der Waals surface area contributed by atoms with E-state index in [4.69, 9.17) is 0 Å². The van der Waals surface area contributed by atoms with Crippen molar-refractivity contribution in [3.05, 3.63) is 70.9 Å². The first-order chi connectivity index (χ1) is 12.2. The van der Waals surface area contributed by atoms with Crippen LogP contribution in [0.15, 0.2) is 54.6 Å². The number of halogens is 1. The molecule has 1 amide bonds. The number of benzene rings is 2. The predicted molar refractivity (Wildman–Crippen MR) is 99.4 cm³/mol. The van der Waals surface area contributed by atoms with E-state index in [1.807, 2.05) is 24.3 Å². The minimum absolute atomic E-state index is 0.104. The number of carbonyl (C=O) groups excluding carboxylic acids is 1. The number of thiophene rings is 1. The van der Waals surface area contributed by atoms with E-state index >= 15 is 0 Å². The summed E-state index contributed by atoms with van der Waals surface area (Å²) in [6, 6.07) is 17.1. The van der Waals surface area contributed by atoms with E-state index in [1.165, 1.54) is 23.0 Å². The first-order valence-corrected chi connectivity index (χ1v) is 9.26. The normalized spacial score (nSPS) is 17.9. The smallest absolute Gasteiger partial charge is 0.261 e. The molecule has 1 aliphatic rings. The van der Waals surface area contributed by atoms with Crippen LogP contribution in [0.25, 0.3) is 10.1 Å². The molecule has 3 aromatic rings. The fourth-order valence-electron chi connectivity index (χ4n) is 3.33. The lowest BCUT2D eigenvalue weighted by atomic mass is 10.2. The van der Waals surface area contributed by atoms with Crippen molar-refractivity contribution in [2.24, 2.45) is 0 Å². The molecule has 1 N–H and O–H groups in total. The molecule has 0 unspecified atom stereocenters. The summed E-state index contributed by atoms with van der Waals surface area (Å²) in [5, 5.41) is 3.62. The Morgan fingerprint density at radius 2 is 2.04 bits per heavy atom. The molecule has 1 atom stereocenters. The summed E-state index contributed by atoms with van der Waals surface area (Å²) in [6.07, 6.45) is 0.942. The molecule has 2 heterocycles. The molecular weight excluding hydrogens is 335 g/mol. The Morgan fingerprint density at radius 1 is 1.20 bits per heavy atom. The maximum absolute atomic E-state index is 13.8. The Balaban J connectivity index is 1.38. The third kappa shape index (κ3) is 3.57. The molecule has 0 aliphatic carbocycles. The Kier molecular flexibility index (Phi) is 4.51. The highest BCUT2D eigenvalue weighted by Gasteiger charge is 2.25. The second-order valence-corrected chi connectivity index (χ2v) is 7.53. The molecule has 4 rings (SSSR count). The average molecular weight is 354 g/mol. The SMILES string of the molecule is O=C(N[C@@H]1CCN(Cc2ccccc2)C1)c1cc2c(F)cccc2s1. The van der Waals surface area contributed by atoms with E-state index in [1.54, 1.807) is 12.1 Å². The summed E-state index contributed by atoms with van der Waals surface area (Å²) in [5.74, 6) is -0.380. The number of carbonyl (C=O) groups is 1. The second kappa shape index (κ2) is 6.94. The number of amides is 1. The van der Waals surface area contributed by atoms with Crippen LogP contribution in [0.3, 0.4) is 0 Å². The summed E-state index contributed by atoms with van der Waals surface area (Å²) >= 11 is 1.34. The molecule has 0 spiro atoms. The van der Waals surface area contributed by atoms with Gasteiger partial charge in [0.2, 0.25) is 0 Å². The van der Waals surface area contributed by atoms with Gasteiger partial charge in [0.1, 0.15) is 5.82 Å². The number of nitrogens with one attached hydrogen (secondary N) is 1. The van der Waals surface area contributed by atoms with Gasteiger partial charge >= 0.3 is 0 Å². The van der Waals surface area contributed by atoms with Gasteiger partial charge in [0.15, 0.2) is 0 Å². The number of fused-ring (bicyclic) bond motifs is 1. The number of rotatable bonds is 4. The molecule has 1 saturated heterocycles. The van der Waals surface area contributed by atoms with Crippen molar-refractivity contribution in [3.63, 3.8) is 0 Å². The van der Waals surface area contributed by atoms with Gasteiger partial charge in [0, 0.05) is 35.8 Å². The van der Waals surface area contributed by atoms with Crippen molar-refractivity contribution in [2.45, 2.75) is 19.0 Å². The summed E-state index contributed by atoms with van der Waals surface area (Å²) in [7, 11) is 0. The van der Waals surface area contributed by atoms with Crippen molar-refractivity contribution in [2.75, 3.05) is 13.1 Å². The molecule has 0 bridgehead atoms. The van der Waals surface area contributed by atoms with Crippen LogP contribution in [0.4, 0.5) is 4.39 Å². The van der Waals surface area contributed by atoms with Crippen molar-refractivity contribution in [1.29, 1.82) is 0 Å². The Hall–Kier alpha value is -2.24. The molecular formula is C20H19FN2OS. The third-order valence-corrected chi connectivity index (χ3v) is 5.69. The lowest BCUT2D eigenvalue weighted by Gasteiger charge is -2.16. The van der Waals surface area contributed by atoms with E-state index in [-0.39, 0.29) is 17.8 Å². The zero-order chi connectivity index (χ0) is 17.2. The van der Waals surface area contributed by atoms with E-state index < -0.39 is 0 Å². The molecule has 3 nitrogen and oxygen atoms in total. The van der Waals surface area contributed by atoms with Crippen molar-refractivity contribution in [1.82, 2.24) is 10.2 Å². The quantitative estimate of drug-likeness (QED) is 0.767. The second-order valence-electron chi connectivity index (χ2n) is 6.44. The van der Waals surface area contributed by atoms with Gasteiger partial charge < -0.3 is 5.32 Å². The van der Waals surface area contributed by atoms with E-state index in [0.29, 0.717) is 10.3 Å². The van der Waals surface area contributed by atoms with Gasteiger partial charge in [-0.25, -0.2) is 4.39 Å². The summed E-state index contributed by atoms with van der Waals surface area (Å²) in [5.41, 5.74) is 1.29. The van der Waals surface area contributed by atoms with Crippen molar-refractivity contribution >= 4 is 27.3 Å². The molecule has 2 aromatic carbocycles. The number of nitrogens with zero attached hydrogens (tertiary/aromatic N) is 1. The van der Waals surface area contributed by atoms with Gasteiger partial charge in [0.05, 0.1) is 4.88 Å². The van der Waals surface area contributed by atoms with Crippen LogP contribution in [0.2, 0.25) is 0 Å². The average Bonchev–Trinajstić information content (AvgIpc) is 3.23. The van der Waals surface area contributed by atoms with Crippen LogP contribution < -0.4 is 5.32 Å². The third-order valence-electron chi connectivity index (χ3n) is 4.59. The largest absolute Gasteiger partial charge is 0.347 e. The number of hydrogen-bond acceptors (Lipinski definition) is 3. The topological polar surface area (TPSA) is 32.3 Å². The van der Waals surface area contributed by atoms with Gasteiger partial charge in [-0.15, -0.1) is 11.3 Å². The number of hydrogen-bond donors (Lipinski definition) is 1. The minimum Gasteiger partial charge on any atom is -0.347 e. The molecule has 25 heavy (non-hydrogen) atoms. The zero-order valence-electron chi connectivity index (χ0n) is 13.7. The maximum atomic E-state index is 13.8. The van der Waals surface area contributed by atoms with Crippen molar-refractivity contribution < 1.29 is 9.18 Å². The summed E-state index contributed by atoms with van der Waals surface area (Å²) in [6.45, 7) is 2.72. The summed E-state index contributed by atoms with van der Waals surface area (Å²) < 4.78 is 14.6. The Labute approximate surface area is 150 Å². The molecule has 128 valence electrons. The standard InChI is InChI=1S/C20H19FN2OS/c21-17-7-4-8-18-16(17)11-19(25-18)20(24)22-15-9-10-23(13-15)12-14-5-2-1-3-6-14/h1-8,11,15H,9-10,12-13H2,(H,22,24)/t15-/m1/s1. The van der Waals surface area contributed by atoms with E-state index in [9.17, 15) is 9.18 Å². The molecule has 1 aromatic heterocycles. The fourth-order valence-corrected chi connectivity index (χ4v) is 4.31. The monoisotopic (exact) mass is 354 g/mol. The first-order valence-electron chi connectivity index (χ1n) is 8.44. The molecule has 1 fully saturated rings. The number of likely N-dealkylation sites (tertiary alicyclic amines) is 1. The van der Waals surface area contributed by atoms with Crippen LogP contribution in [0.5, 0.6) is 0 Å². The molecule has 0 radical (unpaired) electrons. The van der Waals surface area contributed by atoms with Gasteiger partial charge in [-0.3, -0.25) is 9.69 Å². The Bertz CT molecular complexity index is 893. The van der Waals surface area contributed by atoms with Gasteiger partial charge in [-0.05, 0) is 30.2 Å². The van der Waals surface area contributed by atoms with E-state index in [0.717, 1.165) is 30.8 Å². The highest BCUT2D eigenvalue weighted by molar-refractivity contribution is 7.20. The molecule has 1 aliphatic heterocycles. The van der Waals surface area contributed by atoms with Crippen LogP contribution in [-0.2, 0) is 6.54 Å². The van der Waals surface area contributed by atoms with Gasteiger partial charge in [-0.2, -0.15) is 0 Å². The fraction of sp³-hybridized carbons (Fsp3) is 0.250. The zero-order valence-corrected chi connectivity index (χ0v) is 14.6. The lowest BCUT2D eigenvalue weighted by molar-refractivity contribution is 0.0942. The molecule has 5 heteroatoms. The lowest BCUT2D eigenvalue weighted by Crippen LogP contribution is -2.36. The van der Waals surface area contributed by atoms with Gasteiger partial charge in [0.25, 0.3) is 5.91 Å². The molecule has 0 saturated carbocycles. The maximum Gasteiger partial charge on any atom is 0.261 e. The van der Waals surface area contributed by atoms with Crippen LogP contribution >= 0.6 is 11.3 Å². The van der Waals surface area contributed by atoms with E-state index in [2.05, 4.69) is 22.3 Å². The highest BCUT2D eigenvalue weighted by atomic mass is 32.1. The highest BCUT2D eigenvalue weighted by Crippen LogP contribution is 2.27. The summed E-state index contributed by atoms with van der Waals surface area (Å²) in [4.78, 5) is 15.4. The minimum atomic E-state index is -0.275. The van der Waals surface area contributed by atoms with Gasteiger partial charge in [-0.1, -0.05) is 36.4 Å².